The average Bonchev–Trinajstić information content (AvgIpc) is 2.84. The third-order valence-electron chi connectivity index (χ3n) is 3.50. The van der Waals surface area contributed by atoms with Crippen LogP contribution in [-0.4, -0.2) is 19.7 Å². The minimum Gasteiger partial charge on any atom is -0.295 e. The smallest absolute Gasteiger partial charge is 0.262 e. The van der Waals surface area contributed by atoms with Gasteiger partial charge < -0.3 is 0 Å². The number of aromatic amines is 1. The largest absolute Gasteiger partial charge is 0.295 e. The topological polar surface area (TPSA) is 63.6 Å². The predicted molar refractivity (Wildman–Crippen MR) is 82.8 cm³/mol. The summed E-state index contributed by atoms with van der Waals surface area (Å²) in [5, 5.41) is 8.01. The Hall–Kier alpha value is -2.14. The van der Waals surface area contributed by atoms with Crippen molar-refractivity contribution in [1.82, 2.24) is 19.7 Å². The van der Waals surface area contributed by atoms with E-state index in [1.807, 2.05) is 19.9 Å². The number of fused-ring (bicyclic) bond motifs is 1. The van der Waals surface area contributed by atoms with Crippen LogP contribution in [0.1, 0.15) is 24.4 Å². The van der Waals surface area contributed by atoms with Gasteiger partial charge in [0.1, 0.15) is 0 Å². The second-order valence-corrected chi connectivity index (χ2v) is 5.59. The van der Waals surface area contributed by atoms with Crippen LogP contribution in [0, 0.1) is 6.92 Å². The Morgan fingerprint density at radius 2 is 2.24 bits per heavy atom. The quantitative estimate of drug-likeness (QED) is 0.809. The van der Waals surface area contributed by atoms with Gasteiger partial charge in [-0.15, -0.1) is 0 Å². The third kappa shape index (κ3) is 2.56. The minimum atomic E-state index is -0.120. The first-order chi connectivity index (χ1) is 10.1. The Bertz CT molecular complexity index is 852. The predicted octanol–water partition coefficient (Wildman–Crippen LogP) is 2.89. The molecule has 2 heterocycles. The highest BCUT2D eigenvalue weighted by Crippen LogP contribution is 2.19. The summed E-state index contributed by atoms with van der Waals surface area (Å²) in [4.78, 5) is 16.9. The van der Waals surface area contributed by atoms with Gasteiger partial charge >= 0.3 is 0 Å². The van der Waals surface area contributed by atoms with Crippen molar-refractivity contribution in [2.24, 2.45) is 0 Å². The lowest BCUT2D eigenvalue weighted by molar-refractivity contribution is 0.517. The molecular weight excluding hydrogens is 288 g/mol. The van der Waals surface area contributed by atoms with Crippen LogP contribution in [0.15, 0.2) is 35.4 Å². The van der Waals surface area contributed by atoms with Crippen molar-refractivity contribution < 1.29 is 0 Å². The Morgan fingerprint density at radius 1 is 1.43 bits per heavy atom. The van der Waals surface area contributed by atoms with Gasteiger partial charge in [0.15, 0.2) is 0 Å². The lowest BCUT2D eigenvalue weighted by Gasteiger charge is -2.14. The summed E-state index contributed by atoms with van der Waals surface area (Å²) in [7, 11) is 0. The maximum atomic E-state index is 12.6. The van der Waals surface area contributed by atoms with Crippen LogP contribution in [0.25, 0.3) is 10.9 Å². The second-order valence-electron chi connectivity index (χ2n) is 5.19. The zero-order chi connectivity index (χ0) is 15.0. The number of halogens is 1. The summed E-state index contributed by atoms with van der Waals surface area (Å²) in [5.41, 5.74) is 2.42. The number of hydrogen-bond donors (Lipinski definition) is 1. The summed E-state index contributed by atoms with van der Waals surface area (Å²) in [6.45, 7) is 3.92. The van der Waals surface area contributed by atoms with Crippen molar-refractivity contribution in [3.63, 3.8) is 0 Å². The number of aryl methyl sites for hydroxylation is 1. The lowest BCUT2D eigenvalue weighted by atomic mass is 10.1. The van der Waals surface area contributed by atoms with Gasteiger partial charge in [-0.05, 0) is 32.0 Å². The van der Waals surface area contributed by atoms with E-state index in [1.165, 1.54) is 0 Å². The van der Waals surface area contributed by atoms with Gasteiger partial charge in [0.2, 0.25) is 0 Å². The summed E-state index contributed by atoms with van der Waals surface area (Å²) >= 11 is 6.13. The van der Waals surface area contributed by atoms with Crippen LogP contribution < -0.4 is 5.56 Å². The highest BCUT2D eigenvalue weighted by atomic mass is 35.5. The Labute approximate surface area is 126 Å². The van der Waals surface area contributed by atoms with Crippen LogP contribution in [0.3, 0.4) is 0 Å². The van der Waals surface area contributed by atoms with Gasteiger partial charge in [-0.2, -0.15) is 5.10 Å². The molecule has 1 atom stereocenters. The molecule has 0 amide bonds. The Morgan fingerprint density at radius 3 is 2.95 bits per heavy atom. The molecule has 3 rings (SSSR count). The van der Waals surface area contributed by atoms with Crippen molar-refractivity contribution in [3.05, 3.63) is 57.4 Å². The maximum Gasteiger partial charge on any atom is 0.262 e. The van der Waals surface area contributed by atoms with Gasteiger partial charge in [0, 0.05) is 18.2 Å². The normalized spacial score (nSPS) is 12.7. The van der Waals surface area contributed by atoms with Crippen molar-refractivity contribution in [2.75, 3.05) is 0 Å². The molecule has 0 spiro atoms. The van der Waals surface area contributed by atoms with Crippen LogP contribution in [0.2, 0.25) is 5.02 Å². The van der Waals surface area contributed by atoms with E-state index < -0.39 is 0 Å². The number of rotatable bonds is 3. The first-order valence-electron chi connectivity index (χ1n) is 6.72. The monoisotopic (exact) mass is 302 g/mol. The standard InChI is InChI=1S/C15H15ClN4O/c1-9-6-11(19-18-9)7-10(2)20-8-17-13-5-3-4-12(16)14(13)15(20)21/h3-6,8,10H,7H2,1-2H3,(H,18,19)/t10-/m1/s1. The molecule has 0 saturated heterocycles. The van der Waals surface area contributed by atoms with E-state index in [-0.39, 0.29) is 11.6 Å². The molecule has 1 N–H and O–H groups in total. The van der Waals surface area contributed by atoms with E-state index in [0.717, 1.165) is 11.4 Å². The molecule has 0 radical (unpaired) electrons. The number of H-pyrrole nitrogens is 1. The van der Waals surface area contributed by atoms with Crippen LogP contribution in [0.5, 0.6) is 0 Å². The van der Waals surface area contributed by atoms with Crippen molar-refractivity contribution in [2.45, 2.75) is 26.3 Å². The zero-order valence-corrected chi connectivity index (χ0v) is 12.6. The second kappa shape index (κ2) is 5.33. The molecule has 0 unspecified atom stereocenters. The molecule has 0 bridgehead atoms. The molecule has 1 aromatic carbocycles. The van der Waals surface area contributed by atoms with E-state index >= 15 is 0 Å². The van der Waals surface area contributed by atoms with Gasteiger partial charge in [0.05, 0.1) is 27.9 Å². The molecule has 0 aliphatic rings. The Kier molecular flexibility index (Phi) is 3.51. The van der Waals surface area contributed by atoms with Crippen LogP contribution in [-0.2, 0) is 6.42 Å². The van der Waals surface area contributed by atoms with Gasteiger partial charge in [-0.25, -0.2) is 4.98 Å². The minimum absolute atomic E-state index is 0.0478. The van der Waals surface area contributed by atoms with Crippen LogP contribution in [0.4, 0.5) is 0 Å². The third-order valence-corrected chi connectivity index (χ3v) is 3.81. The molecule has 0 aliphatic heterocycles. The van der Waals surface area contributed by atoms with E-state index in [9.17, 15) is 4.79 Å². The van der Waals surface area contributed by atoms with Crippen molar-refractivity contribution >= 4 is 22.5 Å². The fourth-order valence-electron chi connectivity index (χ4n) is 2.43. The highest BCUT2D eigenvalue weighted by Gasteiger charge is 2.13. The molecule has 0 fully saturated rings. The van der Waals surface area contributed by atoms with E-state index in [0.29, 0.717) is 22.3 Å². The van der Waals surface area contributed by atoms with Crippen LogP contribution >= 0.6 is 11.6 Å². The zero-order valence-electron chi connectivity index (χ0n) is 11.8. The van der Waals surface area contributed by atoms with Crippen molar-refractivity contribution in [3.8, 4) is 0 Å². The molecule has 3 aromatic rings. The molecule has 2 aromatic heterocycles. The molecule has 0 aliphatic carbocycles. The molecule has 0 saturated carbocycles. The van der Waals surface area contributed by atoms with Gasteiger partial charge in [0.25, 0.3) is 5.56 Å². The van der Waals surface area contributed by atoms with Gasteiger partial charge in [-0.1, -0.05) is 17.7 Å². The summed E-state index contributed by atoms with van der Waals surface area (Å²) in [5.74, 6) is 0. The number of benzene rings is 1. The lowest BCUT2D eigenvalue weighted by Crippen LogP contribution is -2.25. The van der Waals surface area contributed by atoms with E-state index in [2.05, 4.69) is 15.2 Å². The van der Waals surface area contributed by atoms with Crippen molar-refractivity contribution in [1.29, 1.82) is 0 Å². The fraction of sp³-hybridized carbons (Fsp3) is 0.267. The first-order valence-corrected chi connectivity index (χ1v) is 7.10. The number of hydrogen-bond acceptors (Lipinski definition) is 3. The molecule has 6 heteroatoms. The first kappa shape index (κ1) is 13.8. The summed E-state index contributed by atoms with van der Waals surface area (Å²) in [6, 6.07) is 7.21. The number of nitrogens with zero attached hydrogens (tertiary/aromatic N) is 3. The highest BCUT2D eigenvalue weighted by molar-refractivity contribution is 6.35. The summed E-state index contributed by atoms with van der Waals surface area (Å²) in [6.07, 6.45) is 2.23. The average molecular weight is 303 g/mol. The van der Waals surface area contributed by atoms with E-state index in [4.69, 9.17) is 11.6 Å². The number of aromatic nitrogens is 4. The van der Waals surface area contributed by atoms with E-state index in [1.54, 1.807) is 29.1 Å². The molecule has 5 nitrogen and oxygen atoms in total. The Balaban J connectivity index is 2.02. The molecule has 21 heavy (non-hydrogen) atoms. The van der Waals surface area contributed by atoms with Gasteiger partial charge in [-0.3, -0.25) is 14.5 Å². The molecular formula is C15H15ClN4O. The fourth-order valence-corrected chi connectivity index (χ4v) is 2.68. The maximum absolute atomic E-state index is 12.6. The SMILES string of the molecule is Cc1cc(C[C@@H](C)n2cnc3cccc(Cl)c3c2=O)n[nH]1. The summed E-state index contributed by atoms with van der Waals surface area (Å²) < 4.78 is 1.61. The molecule has 108 valence electrons. The number of nitrogens with one attached hydrogen (secondary N) is 1.